The number of hydrogen-bond donors (Lipinski definition) is 2. The lowest BCUT2D eigenvalue weighted by molar-refractivity contribution is -0.122. The predicted molar refractivity (Wildman–Crippen MR) is 99.4 cm³/mol. The Hall–Kier alpha value is -2.45. The first-order valence-electron chi connectivity index (χ1n) is 7.71. The van der Waals surface area contributed by atoms with Crippen LogP contribution in [-0.2, 0) is 14.8 Å². The Balaban J connectivity index is 2.11. The summed E-state index contributed by atoms with van der Waals surface area (Å²) in [5.41, 5.74) is 0.387. The summed E-state index contributed by atoms with van der Waals surface area (Å²) >= 11 is 6.07. The van der Waals surface area contributed by atoms with E-state index in [1.807, 2.05) is 0 Å². The molecule has 0 unspecified atom stereocenters. The second-order valence-corrected chi connectivity index (χ2v) is 7.26. The highest BCUT2D eigenvalue weighted by molar-refractivity contribution is 7.92. The molecular weight excluding hydrogens is 380 g/mol. The number of anilines is 1. The van der Waals surface area contributed by atoms with Gasteiger partial charge in [-0.1, -0.05) is 11.6 Å². The quantitative estimate of drug-likeness (QED) is 0.713. The average Bonchev–Trinajstić information content (AvgIpc) is 2.61. The zero-order chi connectivity index (χ0) is 19.2. The number of methoxy groups -OCH3 is 1. The summed E-state index contributed by atoms with van der Waals surface area (Å²) < 4.78 is 37.7. The number of benzene rings is 2. The van der Waals surface area contributed by atoms with Gasteiger partial charge < -0.3 is 14.8 Å². The lowest BCUT2D eigenvalue weighted by Crippen LogP contribution is -2.28. The van der Waals surface area contributed by atoms with Gasteiger partial charge in [0, 0.05) is 12.2 Å². The molecule has 0 saturated heterocycles. The molecular formula is C17H19ClN2O5S. The second-order valence-electron chi connectivity index (χ2n) is 5.17. The lowest BCUT2D eigenvalue weighted by Gasteiger charge is -2.11. The van der Waals surface area contributed by atoms with Gasteiger partial charge >= 0.3 is 0 Å². The second kappa shape index (κ2) is 8.77. The monoisotopic (exact) mass is 398 g/mol. The molecule has 0 spiro atoms. The maximum atomic E-state index is 12.5. The van der Waals surface area contributed by atoms with Gasteiger partial charge in [-0.05, 0) is 49.4 Å². The Bertz CT molecular complexity index is 869. The average molecular weight is 399 g/mol. The van der Waals surface area contributed by atoms with Crippen LogP contribution in [0.5, 0.6) is 11.5 Å². The Morgan fingerprint density at radius 2 is 1.85 bits per heavy atom. The van der Waals surface area contributed by atoms with Crippen LogP contribution in [0.4, 0.5) is 5.69 Å². The first-order chi connectivity index (χ1) is 12.4. The van der Waals surface area contributed by atoms with E-state index in [2.05, 4.69) is 10.0 Å². The van der Waals surface area contributed by atoms with Crippen molar-refractivity contribution >= 4 is 33.2 Å². The van der Waals surface area contributed by atoms with E-state index in [9.17, 15) is 13.2 Å². The van der Waals surface area contributed by atoms with Crippen molar-refractivity contribution in [2.24, 2.45) is 0 Å². The molecule has 2 N–H and O–H groups in total. The number of nitrogens with one attached hydrogen (secondary N) is 2. The molecule has 1 amide bonds. The number of ether oxygens (including phenoxy) is 2. The number of hydrogen-bond acceptors (Lipinski definition) is 5. The molecule has 2 aromatic carbocycles. The molecule has 0 atom stereocenters. The van der Waals surface area contributed by atoms with E-state index in [4.69, 9.17) is 21.1 Å². The molecule has 7 nitrogen and oxygen atoms in total. The molecule has 9 heteroatoms. The highest BCUT2D eigenvalue weighted by Gasteiger charge is 2.17. The number of likely N-dealkylation sites (N-methyl/N-ethyl adjacent to an activating group) is 1. The molecule has 0 aliphatic rings. The van der Waals surface area contributed by atoms with Gasteiger partial charge in [-0.3, -0.25) is 9.52 Å². The molecule has 0 saturated carbocycles. The zero-order valence-electron chi connectivity index (χ0n) is 14.3. The minimum atomic E-state index is -3.82. The number of rotatable bonds is 8. The molecule has 0 bridgehead atoms. The van der Waals surface area contributed by atoms with Gasteiger partial charge in [0.25, 0.3) is 15.9 Å². The van der Waals surface area contributed by atoms with Crippen LogP contribution in [0.25, 0.3) is 0 Å². The summed E-state index contributed by atoms with van der Waals surface area (Å²) in [6.07, 6.45) is 0. The highest BCUT2D eigenvalue weighted by Crippen LogP contribution is 2.28. The van der Waals surface area contributed by atoms with Crippen LogP contribution in [0, 0.1) is 0 Å². The first-order valence-corrected chi connectivity index (χ1v) is 9.57. The van der Waals surface area contributed by atoms with E-state index in [0.717, 1.165) is 0 Å². The first kappa shape index (κ1) is 19.9. The van der Waals surface area contributed by atoms with Crippen LogP contribution >= 0.6 is 11.6 Å². The molecule has 140 valence electrons. The van der Waals surface area contributed by atoms with E-state index >= 15 is 0 Å². The number of carbonyl (C=O) groups excluding carboxylic acids is 1. The van der Waals surface area contributed by atoms with E-state index in [1.165, 1.54) is 25.3 Å². The molecule has 0 heterocycles. The Labute approximate surface area is 157 Å². The summed E-state index contributed by atoms with van der Waals surface area (Å²) in [6.45, 7) is 2.08. The van der Waals surface area contributed by atoms with Crippen molar-refractivity contribution in [3.63, 3.8) is 0 Å². The van der Waals surface area contributed by atoms with Crippen LogP contribution in [0.3, 0.4) is 0 Å². The number of carbonyl (C=O) groups is 1. The fourth-order valence-electron chi connectivity index (χ4n) is 2.03. The van der Waals surface area contributed by atoms with Crippen LogP contribution in [0.1, 0.15) is 6.92 Å². The third kappa shape index (κ3) is 5.27. The van der Waals surface area contributed by atoms with Crippen molar-refractivity contribution < 1.29 is 22.7 Å². The summed E-state index contributed by atoms with van der Waals surface area (Å²) in [7, 11) is -2.30. The van der Waals surface area contributed by atoms with Crippen molar-refractivity contribution in [3.8, 4) is 11.5 Å². The number of amides is 1. The van der Waals surface area contributed by atoms with Gasteiger partial charge in [0.15, 0.2) is 6.61 Å². The Kier molecular flexibility index (Phi) is 6.70. The highest BCUT2D eigenvalue weighted by atomic mass is 35.5. The lowest BCUT2D eigenvalue weighted by atomic mass is 10.3. The summed E-state index contributed by atoms with van der Waals surface area (Å²) in [6, 6.07) is 10.5. The molecule has 2 rings (SSSR count). The molecule has 0 aliphatic heterocycles. The topological polar surface area (TPSA) is 93.7 Å². The fraction of sp³-hybridized carbons (Fsp3) is 0.235. The van der Waals surface area contributed by atoms with Crippen molar-refractivity contribution in [1.82, 2.24) is 5.32 Å². The van der Waals surface area contributed by atoms with Gasteiger partial charge in [-0.2, -0.15) is 0 Å². The number of halogens is 1. The predicted octanol–water partition coefficient (Wildman–Crippen LogP) is 2.66. The third-order valence-corrected chi connectivity index (χ3v) is 4.96. The summed E-state index contributed by atoms with van der Waals surface area (Å²) in [5, 5.41) is 2.67. The minimum absolute atomic E-state index is 0.0244. The fourth-order valence-corrected chi connectivity index (χ4v) is 3.41. The van der Waals surface area contributed by atoms with E-state index in [-0.39, 0.29) is 28.2 Å². The summed E-state index contributed by atoms with van der Waals surface area (Å²) in [4.78, 5) is 11.4. The Morgan fingerprint density at radius 3 is 2.42 bits per heavy atom. The SMILES string of the molecule is CCNC(=O)COc1ccc(S(=O)(=O)Nc2ccc(OC)cc2)cc1Cl. The van der Waals surface area contributed by atoms with Crippen molar-refractivity contribution in [2.45, 2.75) is 11.8 Å². The van der Waals surface area contributed by atoms with Crippen LogP contribution in [-0.4, -0.2) is 34.6 Å². The minimum Gasteiger partial charge on any atom is -0.497 e. The maximum absolute atomic E-state index is 12.5. The molecule has 0 aromatic heterocycles. The molecule has 2 aromatic rings. The van der Waals surface area contributed by atoms with Gasteiger partial charge in [-0.15, -0.1) is 0 Å². The van der Waals surface area contributed by atoms with Crippen LogP contribution in [0.15, 0.2) is 47.4 Å². The van der Waals surface area contributed by atoms with Gasteiger partial charge in [0.1, 0.15) is 11.5 Å². The largest absolute Gasteiger partial charge is 0.497 e. The Morgan fingerprint density at radius 1 is 1.15 bits per heavy atom. The van der Waals surface area contributed by atoms with E-state index < -0.39 is 10.0 Å². The van der Waals surface area contributed by atoms with Gasteiger partial charge in [0.2, 0.25) is 0 Å². The van der Waals surface area contributed by atoms with Crippen LogP contribution in [0.2, 0.25) is 5.02 Å². The van der Waals surface area contributed by atoms with Crippen molar-refractivity contribution in [1.29, 1.82) is 0 Å². The zero-order valence-corrected chi connectivity index (χ0v) is 15.9. The maximum Gasteiger partial charge on any atom is 0.261 e. The van der Waals surface area contributed by atoms with Gasteiger partial charge in [0.05, 0.1) is 17.0 Å². The third-order valence-electron chi connectivity index (χ3n) is 3.29. The molecule has 26 heavy (non-hydrogen) atoms. The molecule has 0 fully saturated rings. The molecule has 0 radical (unpaired) electrons. The van der Waals surface area contributed by atoms with Gasteiger partial charge in [-0.25, -0.2) is 8.42 Å². The van der Waals surface area contributed by atoms with Crippen LogP contribution < -0.4 is 19.5 Å². The van der Waals surface area contributed by atoms with Crippen molar-refractivity contribution in [2.75, 3.05) is 25.0 Å². The van der Waals surface area contributed by atoms with E-state index in [1.54, 1.807) is 31.2 Å². The van der Waals surface area contributed by atoms with E-state index in [0.29, 0.717) is 18.0 Å². The van der Waals surface area contributed by atoms with Crippen molar-refractivity contribution in [3.05, 3.63) is 47.5 Å². The normalized spacial score (nSPS) is 10.9. The number of sulfonamides is 1. The standard InChI is InChI=1S/C17H19ClN2O5S/c1-3-19-17(21)11-25-16-9-8-14(10-15(16)18)26(22,23)20-12-4-6-13(24-2)7-5-12/h4-10,20H,3,11H2,1-2H3,(H,19,21). The molecule has 0 aliphatic carbocycles. The summed E-state index contributed by atoms with van der Waals surface area (Å²) in [5.74, 6) is 0.548. The smallest absolute Gasteiger partial charge is 0.261 e.